The molecule has 1 aromatic heterocycles. The van der Waals surface area contributed by atoms with Gasteiger partial charge in [0.05, 0.1) is 0 Å². The molecule has 2 heterocycles. The first-order valence-corrected chi connectivity index (χ1v) is 9.78. The quantitative estimate of drug-likeness (QED) is 0.833. The van der Waals surface area contributed by atoms with Crippen LogP contribution in [-0.2, 0) is 19.6 Å². The van der Waals surface area contributed by atoms with Crippen molar-refractivity contribution in [2.45, 2.75) is 51.9 Å². The number of nitrogens with one attached hydrogen (secondary N) is 1. The highest BCUT2D eigenvalue weighted by Gasteiger charge is 2.18. The number of carbonyl (C=O) groups is 1. The lowest BCUT2D eigenvalue weighted by molar-refractivity contribution is 0.0946. The van der Waals surface area contributed by atoms with Crippen LogP contribution in [0.25, 0.3) is 0 Å². The van der Waals surface area contributed by atoms with E-state index in [-0.39, 0.29) is 5.91 Å². The lowest BCUT2D eigenvalue weighted by atomic mass is 10.0. The predicted molar refractivity (Wildman–Crippen MR) is 101 cm³/mol. The van der Waals surface area contributed by atoms with E-state index < -0.39 is 0 Å². The van der Waals surface area contributed by atoms with Crippen molar-refractivity contribution < 1.29 is 4.79 Å². The fraction of sp³-hybridized carbons (Fsp3) is 0.474. The van der Waals surface area contributed by atoms with Gasteiger partial charge in [-0.2, -0.15) is 0 Å². The highest BCUT2D eigenvalue weighted by atomic mass is 32.1. The van der Waals surface area contributed by atoms with Gasteiger partial charge < -0.3 is 11.1 Å². The summed E-state index contributed by atoms with van der Waals surface area (Å²) in [5.41, 5.74) is 8.40. The molecule has 0 saturated carbocycles. The number of rotatable bonds is 6. The average Bonchev–Trinajstić information content (AvgIpc) is 3.12. The fourth-order valence-corrected chi connectivity index (χ4v) is 3.83. The fourth-order valence-electron chi connectivity index (χ4n) is 3.17. The van der Waals surface area contributed by atoms with Gasteiger partial charge in [-0.15, -0.1) is 11.3 Å². The number of amides is 1. The molecule has 6 heteroatoms. The Kier molecular flexibility index (Phi) is 6.18. The SMILES string of the molecule is CC1CCCCN1Cc1ccc(CNC(=O)c2csc(CN)n2)cc1. The third-order valence-corrected chi connectivity index (χ3v) is 5.63. The highest BCUT2D eigenvalue weighted by Crippen LogP contribution is 2.19. The van der Waals surface area contributed by atoms with Gasteiger partial charge in [-0.05, 0) is 37.4 Å². The minimum Gasteiger partial charge on any atom is -0.347 e. The third kappa shape index (κ3) is 4.87. The molecule has 1 saturated heterocycles. The summed E-state index contributed by atoms with van der Waals surface area (Å²) in [6.45, 7) is 5.40. The van der Waals surface area contributed by atoms with Crippen LogP contribution in [0.3, 0.4) is 0 Å². The second kappa shape index (κ2) is 8.56. The molecule has 0 spiro atoms. The summed E-state index contributed by atoms with van der Waals surface area (Å²) < 4.78 is 0. The minimum absolute atomic E-state index is 0.151. The summed E-state index contributed by atoms with van der Waals surface area (Å²) in [5.74, 6) is -0.151. The molecule has 1 aromatic carbocycles. The number of nitrogens with two attached hydrogens (primary N) is 1. The molecule has 1 amide bonds. The molecule has 0 bridgehead atoms. The Morgan fingerprint density at radius 1 is 1.32 bits per heavy atom. The Hall–Kier alpha value is -1.76. The summed E-state index contributed by atoms with van der Waals surface area (Å²) in [5, 5.41) is 5.44. The van der Waals surface area contributed by atoms with Crippen molar-refractivity contribution in [1.82, 2.24) is 15.2 Å². The topological polar surface area (TPSA) is 71.2 Å². The Labute approximate surface area is 153 Å². The molecular formula is C19H26N4OS. The summed E-state index contributed by atoms with van der Waals surface area (Å²) in [6.07, 6.45) is 3.95. The third-order valence-electron chi connectivity index (χ3n) is 4.76. The molecule has 0 aliphatic carbocycles. The van der Waals surface area contributed by atoms with E-state index in [4.69, 9.17) is 5.73 Å². The number of hydrogen-bond donors (Lipinski definition) is 2. The summed E-state index contributed by atoms with van der Waals surface area (Å²) in [6, 6.07) is 9.19. The molecule has 1 aliphatic heterocycles. The van der Waals surface area contributed by atoms with E-state index in [1.807, 2.05) is 0 Å². The summed E-state index contributed by atoms with van der Waals surface area (Å²) >= 11 is 1.42. The van der Waals surface area contributed by atoms with Crippen LogP contribution in [0.15, 0.2) is 29.6 Å². The monoisotopic (exact) mass is 358 g/mol. The first-order valence-electron chi connectivity index (χ1n) is 8.90. The number of hydrogen-bond acceptors (Lipinski definition) is 5. The number of likely N-dealkylation sites (tertiary alicyclic amines) is 1. The van der Waals surface area contributed by atoms with E-state index in [1.54, 1.807) is 5.38 Å². The van der Waals surface area contributed by atoms with Crippen LogP contribution in [0.2, 0.25) is 0 Å². The van der Waals surface area contributed by atoms with Gasteiger partial charge in [0.1, 0.15) is 10.7 Å². The molecule has 2 aromatic rings. The summed E-state index contributed by atoms with van der Waals surface area (Å²) in [4.78, 5) is 18.9. The maximum absolute atomic E-state index is 12.1. The Morgan fingerprint density at radius 2 is 2.08 bits per heavy atom. The van der Waals surface area contributed by atoms with Crippen LogP contribution in [0.1, 0.15) is 52.8 Å². The van der Waals surface area contributed by atoms with E-state index in [9.17, 15) is 4.79 Å². The second-order valence-electron chi connectivity index (χ2n) is 6.65. The van der Waals surface area contributed by atoms with Gasteiger partial charge in [0, 0.05) is 31.1 Å². The molecule has 3 N–H and O–H groups in total. The molecule has 1 aliphatic rings. The average molecular weight is 359 g/mol. The Bertz CT molecular complexity index is 698. The van der Waals surface area contributed by atoms with Crippen molar-refractivity contribution in [2.75, 3.05) is 6.54 Å². The molecule has 1 atom stereocenters. The molecule has 1 fully saturated rings. The van der Waals surface area contributed by atoms with Gasteiger partial charge in [0.25, 0.3) is 5.91 Å². The van der Waals surface area contributed by atoms with Crippen LogP contribution < -0.4 is 11.1 Å². The zero-order valence-corrected chi connectivity index (χ0v) is 15.5. The lowest BCUT2D eigenvalue weighted by Gasteiger charge is -2.33. The van der Waals surface area contributed by atoms with E-state index in [2.05, 4.69) is 46.4 Å². The van der Waals surface area contributed by atoms with Crippen molar-refractivity contribution >= 4 is 17.2 Å². The van der Waals surface area contributed by atoms with Gasteiger partial charge >= 0.3 is 0 Å². The Morgan fingerprint density at radius 3 is 2.76 bits per heavy atom. The Balaban J connectivity index is 1.51. The van der Waals surface area contributed by atoms with Crippen molar-refractivity contribution in [3.8, 4) is 0 Å². The number of thiazole rings is 1. The molecule has 3 rings (SSSR count). The maximum Gasteiger partial charge on any atom is 0.271 e. The van der Waals surface area contributed by atoms with Crippen molar-refractivity contribution in [3.63, 3.8) is 0 Å². The first-order chi connectivity index (χ1) is 12.2. The van der Waals surface area contributed by atoms with E-state index in [1.165, 1.54) is 42.7 Å². The number of aromatic nitrogens is 1. The van der Waals surface area contributed by atoms with Crippen molar-refractivity contribution in [3.05, 3.63) is 51.5 Å². The largest absolute Gasteiger partial charge is 0.347 e. The van der Waals surface area contributed by atoms with Gasteiger partial charge in [-0.25, -0.2) is 4.98 Å². The zero-order chi connectivity index (χ0) is 17.6. The molecule has 1 unspecified atom stereocenters. The van der Waals surface area contributed by atoms with Crippen LogP contribution in [0.4, 0.5) is 0 Å². The zero-order valence-electron chi connectivity index (χ0n) is 14.7. The maximum atomic E-state index is 12.1. The lowest BCUT2D eigenvalue weighted by Crippen LogP contribution is -2.36. The molecule has 25 heavy (non-hydrogen) atoms. The first kappa shape index (κ1) is 18.0. The van der Waals surface area contributed by atoms with E-state index >= 15 is 0 Å². The minimum atomic E-state index is -0.151. The van der Waals surface area contributed by atoms with Gasteiger partial charge in [0.15, 0.2) is 0 Å². The molecule has 134 valence electrons. The van der Waals surface area contributed by atoms with Crippen LogP contribution >= 0.6 is 11.3 Å². The van der Waals surface area contributed by atoms with Crippen LogP contribution in [-0.4, -0.2) is 28.4 Å². The van der Waals surface area contributed by atoms with Crippen molar-refractivity contribution in [1.29, 1.82) is 0 Å². The van der Waals surface area contributed by atoms with E-state index in [0.717, 1.165) is 17.1 Å². The van der Waals surface area contributed by atoms with Gasteiger partial charge in [-0.1, -0.05) is 30.7 Å². The van der Waals surface area contributed by atoms with Crippen LogP contribution in [0, 0.1) is 0 Å². The van der Waals surface area contributed by atoms with Gasteiger partial charge in [-0.3, -0.25) is 9.69 Å². The normalized spacial score (nSPS) is 18.2. The van der Waals surface area contributed by atoms with Crippen molar-refractivity contribution in [2.24, 2.45) is 5.73 Å². The van der Waals surface area contributed by atoms with Gasteiger partial charge in [0.2, 0.25) is 0 Å². The smallest absolute Gasteiger partial charge is 0.271 e. The van der Waals surface area contributed by atoms with Crippen LogP contribution in [0.5, 0.6) is 0 Å². The molecule has 5 nitrogen and oxygen atoms in total. The summed E-state index contributed by atoms with van der Waals surface area (Å²) in [7, 11) is 0. The number of nitrogens with zero attached hydrogens (tertiary/aromatic N) is 2. The number of piperidine rings is 1. The predicted octanol–water partition coefficient (Wildman–Crippen LogP) is 2.91. The molecule has 0 radical (unpaired) electrons. The standard InChI is InChI=1S/C19H26N4OS/c1-14-4-2-3-9-23(14)12-16-7-5-15(6-8-16)11-21-19(24)17-13-25-18(10-20)22-17/h5-8,13-14H,2-4,9-12,20H2,1H3,(H,21,24). The highest BCUT2D eigenvalue weighted by molar-refractivity contribution is 7.09. The second-order valence-corrected chi connectivity index (χ2v) is 7.59. The number of benzene rings is 1. The molecular weight excluding hydrogens is 332 g/mol. The number of carbonyl (C=O) groups excluding carboxylic acids is 1. The van der Waals surface area contributed by atoms with E-state index in [0.29, 0.717) is 24.8 Å².